The second kappa shape index (κ2) is 10.8. The molecule has 0 aliphatic heterocycles. The number of allylic oxidation sites excluding steroid dienone is 2. The van der Waals surface area contributed by atoms with E-state index in [4.69, 9.17) is 0 Å². The number of hydrogen-bond donors (Lipinski definition) is 0. The third-order valence-electron chi connectivity index (χ3n) is 3.09. The van der Waals surface area contributed by atoms with Crippen LogP contribution < -0.4 is 0 Å². The zero-order valence-corrected chi connectivity index (χ0v) is 10.5. The van der Waals surface area contributed by atoms with Gasteiger partial charge in [-0.3, -0.25) is 0 Å². The Morgan fingerprint density at radius 3 is 2.06 bits per heavy atom. The number of hydrogen-bond acceptors (Lipinski definition) is 0. The minimum absolute atomic E-state index is 1.07. The summed E-state index contributed by atoms with van der Waals surface area (Å²) < 4.78 is 0. The van der Waals surface area contributed by atoms with E-state index in [0.717, 1.165) is 6.42 Å². The van der Waals surface area contributed by atoms with Crippen LogP contribution in [-0.2, 0) is 0 Å². The van der Waals surface area contributed by atoms with Gasteiger partial charge in [-0.1, -0.05) is 69.3 Å². The van der Waals surface area contributed by atoms with Gasteiger partial charge in [-0.2, -0.15) is 0 Å². The van der Waals surface area contributed by atoms with E-state index in [9.17, 15) is 0 Å². The smallest absolute Gasteiger partial charge is 0.00922 e. The van der Waals surface area contributed by atoms with Crippen LogP contribution in [0.15, 0.2) is 12.2 Å². The van der Waals surface area contributed by atoms with Crippen LogP contribution in [0, 0.1) is 18.3 Å². The average molecular weight is 217 g/mol. The summed E-state index contributed by atoms with van der Waals surface area (Å²) in [6.07, 6.45) is 21.2. The molecule has 1 aliphatic carbocycles. The van der Waals surface area contributed by atoms with E-state index in [1.165, 1.54) is 64.2 Å². The fourth-order valence-corrected chi connectivity index (χ4v) is 2.06. The topological polar surface area (TPSA) is 0 Å². The lowest BCUT2D eigenvalue weighted by Crippen LogP contribution is -1.82. The molecule has 0 heteroatoms. The molecule has 0 atom stereocenters. The van der Waals surface area contributed by atoms with Crippen LogP contribution in [0.3, 0.4) is 0 Å². The Morgan fingerprint density at radius 1 is 0.688 bits per heavy atom. The minimum Gasteiger partial charge on any atom is -0.0985 e. The van der Waals surface area contributed by atoms with Crippen molar-refractivity contribution in [3.63, 3.8) is 0 Å². The largest absolute Gasteiger partial charge is 0.0985 e. The van der Waals surface area contributed by atoms with Gasteiger partial charge in [0.15, 0.2) is 0 Å². The van der Waals surface area contributed by atoms with Crippen molar-refractivity contribution in [2.24, 2.45) is 0 Å². The Morgan fingerprint density at radius 2 is 1.31 bits per heavy atom. The lowest BCUT2D eigenvalue weighted by atomic mass is 10.0. The van der Waals surface area contributed by atoms with Gasteiger partial charge in [-0.25, -0.2) is 0 Å². The van der Waals surface area contributed by atoms with Crippen molar-refractivity contribution in [3.05, 3.63) is 18.6 Å². The molecule has 0 nitrogen and oxygen atoms in total. The molecule has 1 rings (SSSR count). The van der Waals surface area contributed by atoms with Gasteiger partial charge in [0.2, 0.25) is 0 Å². The monoisotopic (exact) mass is 217 g/mol. The molecule has 0 aromatic heterocycles. The van der Waals surface area contributed by atoms with Crippen LogP contribution in [0.5, 0.6) is 0 Å². The fourth-order valence-electron chi connectivity index (χ4n) is 2.06. The first kappa shape index (κ1) is 13.4. The van der Waals surface area contributed by atoms with Gasteiger partial charge in [0.1, 0.15) is 0 Å². The van der Waals surface area contributed by atoms with Crippen molar-refractivity contribution in [3.8, 4) is 11.8 Å². The van der Waals surface area contributed by atoms with E-state index in [1.807, 2.05) is 6.08 Å². The van der Waals surface area contributed by atoms with Crippen molar-refractivity contribution in [1.82, 2.24) is 0 Å². The maximum absolute atomic E-state index is 3.21. The van der Waals surface area contributed by atoms with Crippen LogP contribution in [0.2, 0.25) is 0 Å². The van der Waals surface area contributed by atoms with Crippen LogP contribution >= 0.6 is 0 Å². The summed E-state index contributed by atoms with van der Waals surface area (Å²) in [4.78, 5) is 0. The van der Waals surface area contributed by atoms with Gasteiger partial charge < -0.3 is 0 Å². The van der Waals surface area contributed by atoms with Gasteiger partial charge in [0, 0.05) is 6.42 Å². The summed E-state index contributed by atoms with van der Waals surface area (Å²) in [5, 5.41) is 0. The van der Waals surface area contributed by atoms with E-state index in [1.54, 1.807) is 0 Å². The second-order valence-corrected chi connectivity index (χ2v) is 4.64. The fraction of sp³-hybridized carbons (Fsp3) is 0.688. The third-order valence-corrected chi connectivity index (χ3v) is 3.09. The van der Waals surface area contributed by atoms with Crippen molar-refractivity contribution >= 4 is 0 Å². The molecule has 0 aromatic rings. The predicted octanol–water partition coefficient (Wildman–Crippen LogP) is 5.05. The molecule has 0 bridgehead atoms. The average Bonchev–Trinajstić information content (AvgIpc) is 2.29. The molecular weight excluding hydrogens is 192 g/mol. The first-order chi connectivity index (χ1) is 8.00. The summed E-state index contributed by atoms with van der Waals surface area (Å²) in [7, 11) is 0. The highest BCUT2D eigenvalue weighted by Gasteiger charge is 1.92. The highest BCUT2D eigenvalue weighted by atomic mass is 14.0. The molecule has 0 unspecified atom stereocenters. The Hall–Kier alpha value is -0.700. The number of rotatable bonds is 0. The molecule has 89 valence electrons. The van der Waals surface area contributed by atoms with E-state index in [0.29, 0.717) is 0 Å². The van der Waals surface area contributed by atoms with Gasteiger partial charge in [0.25, 0.3) is 0 Å². The molecule has 16 heavy (non-hydrogen) atoms. The molecule has 0 heterocycles. The Labute approximate surface area is 102 Å². The Balaban J connectivity index is 2.18. The summed E-state index contributed by atoms with van der Waals surface area (Å²) in [6.45, 7) is 0. The van der Waals surface area contributed by atoms with Crippen LogP contribution in [0.1, 0.15) is 70.6 Å². The van der Waals surface area contributed by atoms with Gasteiger partial charge >= 0.3 is 0 Å². The molecule has 0 N–H and O–H groups in total. The first-order valence-corrected chi connectivity index (χ1v) is 6.97. The zero-order chi connectivity index (χ0) is 11.3. The summed E-state index contributed by atoms with van der Waals surface area (Å²) in [5.74, 6) is 6.32. The molecule has 0 spiro atoms. The Bertz CT molecular complexity index is 226. The van der Waals surface area contributed by atoms with E-state index in [2.05, 4.69) is 24.3 Å². The quantitative estimate of drug-likeness (QED) is 0.498. The van der Waals surface area contributed by atoms with Crippen molar-refractivity contribution in [2.45, 2.75) is 70.6 Å². The first-order valence-electron chi connectivity index (χ1n) is 6.97. The lowest BCUT2D eigenvalue weighted by Gasteiger charge is -2.01. The van der Waals surface area contributed by atoms with Crippen molar-refractivity contribution < 1.29 is 0 Å². The maximum atomic E-state index is 3.21. The normalized spacial score (nSPS) is 23.0. The van der Waals surface area contributed by atoms with E-state index >= 15 is 0 Å². The summed E-state index contributed by atoms with van der Waals surface area (Å²) in [5.41, 5.74) is 0. The molecule has 1 aliphatic rings. The Kier molecular flexibility index (Phi) is 9.03. The highest BCUT2D eigenvalue weighted by Crippen LogP contribution is 2.11. The van der Waals surface area contributed by atoms with Gasteiger partial charge in [-0.05, 0) is 25.3 Å². The zero-order valence-electron chi connectivity index (χ0n) is 10.5. The van der Waals surface area contributed by atoms with Crippen LogP contribution in [-0.4, -0.2) is 0 Å². The maximum Gasteiger partial charge on any atom is 0.00922 e. The van der Waals surface area contributed by atoms with Crippen molar-refractivity contribution in [2.75, 3.05) is 0 Å². The molecule has 0 aromatic carbocycles. The predicted molar refractivity (Wildman–Crippen MR) is 72.0 cm³/mol. The molecule has 0 saturated heterocycles. The SMILES string of the molecule is C1#CCCCCCCCCCCC[CH]/C=C\1. The molecular formula is C16H25. The second-order valence-electron chi connectivity index (χ2n) is 4.64. The molecule has 0 amide bonds. The third kappa shape index (κ3) is 8.60. The molecule has 1 radical (unpaired) electrons. The van der Waals surface area contributed by atoms with Crippen LogP contribution in [0.25, 0.3) is 0 Å². The van der Waals surface area contributed by atoms with Gasteiger partial charge in [-0.15, -0.1) is 0 Å². The van der Waals surface area contributed by atoms with Gasteiger partial charge in [0.05, 0.1) is 0 Å². The lowest BCUT2D eigenvalue weighted by molar-refractivity contribution is 0.561. The molecule has 0 fully saturated rings. The summed E-state index contributed by atoms with van der Waals surface area (Å²) >= 11 is 0. The minimum atomic E-state index is 1.07. The van der Waals surface area contributed by atoms with Crippen LogP contribution in [0.4, 0.5) is 0 Å². The van der Waals surface area contributed by atoms with E-state index < -0.39 is 0 Å². The molecule has 0 saturated carbocycles. The highest BCUT2D eigenvalue weighted by molar-refractivity contribution is 5.17. The van der Waals surface area contributed by atoms with E-state index in [-0.39, 0.29) is 0 Å². The summed E-state index contributed by atoms with van der Waals surface area (Å²) in [6, 6.07) is 0. The van der Waals surface area contributed by atoms with Crippen molar-refractivity contribution in [1.29, 1.82) is 0 Å². The standard InChI is InChI=1S/C16H25/c1-2-4-6-8-10-12-14-16-15-13-11-9-7-5-3-1/h1-3H,4,6,8-16H2/b3-1-.